The topological polar surface area (TPSA) is 59.3 Å². The minimum Gasteiger partial charge on any atom is -0.379 e. The van der Waals surface area contributed by atoms with Gasteiger partial charge >= 0.3 is 0 Å². The van der Waals surface area contributed by atoms with Crippen LogP contribution in [0.25, 0.3) is 11.0 Å². The number of aryl methyl sites for hydroxylation is 1. The van der Waals surface area contributed by atoms with Gasteiger partial charge in [0.1, 0.15) is 16.7 Å². The highest BCUT2D eigenvalue weighted by Gasteiger charge is 2.19. The molecule has 1 saturated heterocycles. The van der Waals surface area contributed by atoms with Gasteiger partial charge in [-0.15, -0.1) is 0 Å². The predicted molar refractivity (Wildman–Crippen MR) is 108 cm³/mol. The normalized spacial score (nSPS) is 15.7. The largest absolute Gasteiger partial charge is 0.379 e. The fourth-order valence-corrected chi connectivity index (χ4v) is 4.00. The molecule has 0 aromatic carbocycles. The predicted octanol–water partition coefficient (Wildman–Crippen LogP) is 2.84. The Morgan fingerprint density at radius 1 is 1.15 bits per heavy atom. The molecule has 0 N–H and O–H groups in total. The van der Waals surface area contributed by atoms with Crippen molar-refractivity contribution in [2.75, 3.05) is 50.8 Å². The number of rotatable bonds is 9. The summed E-state index contributed by atoms with van der Waals surface area (Å²) < 4.78 is 8.09. The van der Waals surface area contributed by atoms with E-state index < -0.39 is 0 Å². The number of morpholine rings is 1. The molecule has 0 atom stereocenters. The molecule has 144 valence electrons. The van der Waals surface area contributed by atoms with E-state index in [1.165, 1.54) is 25.7 Å². The molecule has 0 amide bonds. The second kappa shape index (κ2) is 9.62. The average molecular weight is 425 g/mol. The van der Waals surface area contributed by atoms with Crippen molar-refractivity contribution in [3.63, 3.8) is 0 Å². The third kappa shape index (κ3) is 4.72. The Morgan fingerprint density at radius 2 is 1.96 bits per heavy atom. The van der Waals surface area contributed by atoms with Crippen LogP contribution in [0.2, 0.25) is 0 Å². The molecule has 2 aromatic heterocycles. The van der Waals surface area contributed by atoms with Gasteiger partial charge in [0.2, 0.25) is 0 Å². The van der Waals surface area contributed by atoms with E-state index in [9.17, 15) is 0 Å². The minimum atomic E-state index is 0.815. The van der Waals surface area contributed by atoms with Gasteiger partial charge in [0.15, 0.2) is 5.65 Å². The second-order valence-electron chi connectivity index (χ2n) is 6.81. The van der Waals surface area contributed by atoms with E-state index in [0.717, 1.165) is 67.4 Å². The summed E-state index contributed by atoms with van der Waals surface area (Å²) in [5.74, 6) is 0.986. The Bertz CT molecular complexity index is 700. The van der Waals surface area contributed by atoms with Crippen LogP contribution in [-0.4, -0.2) is 70.6 Å². The molecule has 2 aromatic rings. The molecule has 0 spiro atoms. The van der Waals surface area contributed by atoms with Gasteiger partial charge in [-0.3, -0.25) is 4.90 Å². The van der Waals surface area contributed by atoms with Gasteiger partial charge in [-0.05, 0) is 22.4 Å². The van der Waals surface area contributed by atoms with Gasteiger partial charge in [0.25, 0.3) is 0 Å². The van der Waals surface area contributed by atoms with Crippen molar-refractivity contribution < 1.29 is 4.74 Å². The fraction of sp³-hybridized carbons (Fsp3) is 0.722. The first-order valence-corrected chi connectivity index (χ1v) is 10.4. The van der Waals surface area contributed by atoms with Crippen molar-refractivity contribution in [2.24, 2.45) is 7.05 Å². The van der Waals surface area contributed by atoms with E-state index in [0.29, 0.717) is 0 Å². The summed E-state index contributed by atoms with van der Waals surface area (Å²) in [5, 5.41) is 5.48. The third-order valence-electron chi connectivity index (χ3n) is 4.93. The Kier molecular flexibility index (Phi) is 7.22. The van der Waals surface area contributed by atoms with Crippen LogP contribution in [0.15, 0.2) is 10.9 Å². The molecule has 0 bridgehead atoms. The van der Waals surface area contributed by atoms with Crippen LogP contribution in [0.3, 0.4) is 0 Å². The number of unbranched alkanes of at least 4 members (excludes halogenated alkanes) is 3. The van der Waals surface area contributed by atoms with Crippen molar-refractivity contribution >= 4 is 32.8 Å². The highest BCUT2D eigenvalue weighted by Crippen LogP contribution is 2.29. The number of aromatic nitrogens is 4. The third-order valence-corrected chi connectivity index (χ3v) is 5.48. The summed E-state index contributed by atoms with van der Waals surface area (Å²) in [6.45, 7) is 8.94. The summed E-state index contributed by atoms with van der Waals surface area (Å²) in [6, 6.07) is 0. The Labute approximate surface area is 163 Å². The number of fused-ring (bicyclic) bond motifs is 1. The molecular weight excluding hydrogens is 396 g/mol. The molecule has 1 aliphatic heterocycles. The number of halogens is 1. The number of hydrogen-bond acceptors (Lipinski definition) is 6. The lowest BCUT2D eigenvalue weighted by atomic mass is 10.2. The Hall–Kier alpha value is -1.25. The first-order chi connectivity index (χ1) is 12.7. The van der Waals surface area contributed by atoms with E-state index in [1.54, 1.807) is 6.33 Å². The first kappa shape index (κ1) is 19.5. The molecule has 0 saturated carbocycles. The van der Waals surface area contributed by atoms with Crippen molar-refractivity contribution in [1.82, 2.24) is 24.6 Å². The maximum Gasteiger partial charge on any atom is 0.164 e. The lowest BCUT2D eigenvalue weighted by molar-refractivity contribution is 0.0391. The van der Waals surface area contributed by atoms with E-state index in [1.807, 2.05) is 11.7 Å². The van der Waals surface area contributed by atoms with E-state index in [4.69, 9.17) is 4.74 Å². The minimum absolute atomic E-state index is 0.815. The molecule has 1 fully saturated rings. The van der Waals surface area contributed by atoms with Gasteiger partial charge in [-0.1, -0.05) is 26.2 Å². The number of ether oxygens (including phenoxy) is 1. The zero-order valence-corrected chi connectivity index (χ0v) is 17.4. The number of anilines is 1. The summed E-state index contributed by atoms with van der Waals surface area (Å²) in [6.07, 6.45) is 6.62. The van der Waals surface area contributed by atoms with E-state index >= 15 is 0 Å². The zero-order chi connectivity index (χ0) is 18.4. The van der Waals surface area contributed by atoms with E-state index in [2.05, 4.69) is 47.7 Å². The fourth-order valence-electron chi connectivity index (χ4n) is 3.41. The molecular formula is C18H29BrN6O. The molecule has 0 unspecified atom stereocenters. The van der Waals surface area contributed by atoms with Crippen LogP contribution < -0.4 is 4.90 Å². The summed E-state index contributed by atoms with van der Waals surface area (Å²) in [4.78, 5) is 13.9. The number of nitrogens with zero attached hydrogens (tertiary/aromatic N) is 6. The maximum atomic E-state index is 5.47. The summed E-state index contributed by atoms with van der Waals surface area (Å²) in [7, 11) is 1.92. The van der Waals surface area contributed by atoms with Gasteiger partial charge in [0, 0.05) is 39.8 Å². The summed E-state index contributed by atoms with van der Waals surface area (Å²) >= 11 is 3.59. The molecule has 0 radical (unpaired) electrons. The van der Waals surface area contributed by atoms with Crippen LogP contribution in [-0.2, 0) is 11.8 Å². The highest BCUT2D eigenvalue weighted by atomic mass is 79.9. The quantitative estimate of drug-likeness (QED) is 0.576. The van der Waals surface area contributed by atoms with Crippen molar-refractivity contribution in [3.05, 3.63) is 10.9 Å². The van der Waals surface area contributed by atoms with E-state index in [-0.39, 0.29) is 0 Å². The highest BCUT2D eigenvalue weighted by molar-refractivity contribution is 9.10. The maximum absolute atomic E-state index is 5.47. The van der Waals surface area contributed by atoms with Crippen LogP contribution >= 0.6 is 15.9 Å². The molecule has 0 aliphatic carbocycles. The SMILES string of the molecule is CCCCCCN(CCN1CCOCC1)c1ncnc2c1c(Br)nn2C. The lowest BCUT2D eigenvalue weighted by Gasteiger charge is -2.31. The molecule has 7 nitrogen and oxygen atoms in total. The van der Waals surface area contributed by atoms with Gasteiger partial charge in [-0.2, -0.15) is 5.10 Å². The Morgan fingerprint density at radius 3 is 2.73 bits per heavy atom. The molecule has 1 aliphatic rings. The smallest absolute Gasteiger partial charge is 0.164 e. The zero-order valence-electron chi connectivity index (χ0n) is 15.8. The van der Waals surface area contributed by atoms with Crippen LogP contribution in [0, 0.1) is 0 Å². The summed E-state index contributed by atoms with van der Waals surface area (Å²) in [5.41, 5.74) is 0.867. The monoisotopic (exact) mass is 424 g/mol. The second-order valence-corrected chi connectivity index (χ2v) is 7.56. The Balaban J connectivity index is 1.77. The number of hydrogen-bond donors (Lipinski definition) is 0. The molecule has 26 heavy (non-hydrogen) atoms. The molecule has 8 heteroatoms. The van der Waals surface area contributed by atoms with Crippen molar-refractivity contribution in [3.8, 4) is 0 Å². The standard InChI is InChI=1S/C18H29BrN6O/c1-3-4-5-6-7-25(9-8-24-10-12-26-13-11-24)18-15-16(19)22-23(2)17(15)20-14-21-18/h14H,3-13H2,1-2H3. The molecule has 3 heterocycles. The van der Waals surface area contributed by atoms with Crippen molar-refractivity contribution in [2.45, 2.75) is 32.6 Å². The van der Waals surface area contributed by atoms with Gasteiger partial charge in [-0.25, -0.2) is 14.6 Å². The van der Waals surface area contributed by atoms with Gasteiger partial charge in [0.05, 0.1) is 18.6 Å². The average Bonchev–Trinajstić information content (AvgIpc) is 2.96. The first-order valence-electron chi connectivity index (χ1n) is 9.59. The molecule has 3 rings (SSSR count). The van der Waals surface area contributed by atoms with Crippen LogP contribution in [0.4, 0.5) is 5.82 Å². The van der Waals surface area contributed by atoms with Crippen molar-refractivity contribution in [1.29, 1.82) is 0 Å². The van der Waals surface area contributed by atoms with Crippen LogP contribution in [0.1, 0.15) is 32.6 Å². The van der Waals surface area contributed by atoms with Crippen LogP contribution in [0.5, 0.6) is 0 Å². The van der Waals surface area contributed by atoms with Gasteiger partial charge < -0.3 is 9.64 Å². The lowest BCUT2D eigenvalue weighted by Crippen LogP contribution is -2.42.